The zero-order chi connectivity index (χ0) is 12.8. The van der Waals surface area contributed by atoms with E-state index in [1.54, 1.807) is 6.92 Å². The van der Waals surface area contributed by atoms with Crippen LogP contribution < -0.4 is 5.32 Å². The summed E-state index contributed by atoms with van der Waals surface area (Å²) in [6.45, 7) is 3.38. The molecule has 0 aromatic carbocycles. The number of esters is 1. The molecule has 1 atom stereocenters. The van der Waals surface area contributed by atoms with Crippen molar-refractivity contribution in [2.75, 3.05) is 18.6 Å². The lowest BCUT2D eigenvalue weighted by molar-refractivity contribution is -0.146. The van der Waals surface area contributed by atoms with E-state index in [-0.39, 0.29) is 18.8 Å². The average Bonchev–Trinajstić information content (AvgIpc) is 2.14. The molecule has 0 aliphatic rings. The van der Waals surface area contributed by atoms with Crippen molar-refractivity contribution in [2.24, 2.45) is 0 Å². The third-order valence-electron chi connectivity index (χ3n) is 1.72. The Bertz CT molecular complexity index is 349. The minimum absolute atomic E-state index is 0.150. The standard InChI is InChI=1S/C9H17NO5S/c1-4-15-9(12)7(2)10-8(11)5-6-16(3,13)14/h7H,4-6H2,1-3H3,(H,10,11). The predicted molar refractivity (Wildman–Crippen MR) is 58.6 cm³/mol. The van der Waals surface area contributed by atoms with Crippen LogP contribution in [-0.2, 0) is 24.2 Å². The molecule has 0 heterocycles. The van der Waals surface area contributed by atoms with Gasteiger partial charge in [0, 0.05) is 12.7 Å². The highest BCUT2D eigenvalue weighted by molar-refractivity contribution is 7.90. The summed E-state index contributed by atoms with van der Waals surface area (Å²) in [4.78, 5) is 22.3. The fourth-order valence-corrected chi connectivity index (χ4v) is 1.47. The molecule has 0 aliphatic carbocycles. The van der Waals surface area contributed by atoms with Gasteiger partial charge in [-0.3, -0.25) is 4.79 Å². The molecule has 0 saturated heterocycles. The topological polar surface area (TPSA) is 89.5 Å². The van der Waals surface area contributed by atoms with Gasteiger partial charge in [0.2, 0.25) is 5.91 Å². The van der Waals surface area contributed by atoms with Crippen LogP contribution in [0.15, 0.2) is 0 Å². The largest absolute Gasteiger partial charge is 0.464 e. The lowest BCUT2D eigenvalue weighted by Gasteiger charge is -2.12. The number of rotatable bonds is 6. The van der Waals surface area contributed by atoms with Gasteiger partial charge in [0.1, 0.15) is 15.9 Å². The number of hydrogen-bond acceptors (Lipinski definition) is 5. The summed E-state index contributed by atoms with van der Waals surface area (Å²) in [7, 11) is -3.16. The molecular formula is C9H17NO5S. The van der Waals surface area contributed by atoms with E-state index < -0.39 is 27.8 Å². The molecule has 1 amide bonds. The van der Waals surface area contributed by atoms with Crippen LogP contribution in [0.1, 0.15) is 20.3 Å². The fourth-order valence-electron chi connectivity index (χ4n) is 0.918. The van der Waals surface area contributed by atoms with Gasteiger partial charge in [-0.15, -0.1) is 0 Å². The summed E-state index contributed by atoms with van der Waals surface area (Å²) in [5.41, 5.74) is 0. The zero-order valence-corrected chi connectivity index (χ0v) is 10.5. The van der Waals surface area contributed by atoms with Gasteiger partial charge in [0.05, 0.1) is 12.4 Å². The van der Waals surface area contributed by atoms with Gasteiger partial charge in [-0.25, -0.2) is 13.2 Å². The highest BCUT2D eigenvalue weighted by Gasteiger charge is 2.17. The van der Waals surface area contributed by atoms with E-state index in [4.69, 9.17) is 0 Å². The van der Waals surface area contributed by atoms with E-state index in [0.717, 1.165) is 6.26 Å². The van der Waals surface area contributed by atoms with Crippen molar-refractivity contribution >= 4 is 21.7 Å². The molecule has 0 fully saturated rings. The summed E-state index contributed by atoms with van der Waals surface area (Å²) in [5.74, 6) is -1.24. The van der Waals surface area contributed by atoms with Crippen LogP contribution in [0.5, 0.6) is 0 Å². The lowest BCUT2D eigenvalue weighted by Crippen LogP contribution is -2.40. The molecule has 0 aromatic rings. The first-order valence-corrected chi connectivity index (χ1v) is 6.96. The quantitative estimate of drug-likeness (QED) is 0.642. The normalized spacial score (nSPS) is 12.9. The average molecular weight is 251 g/mol. The molecule has 0 saturated carbocycles. The second kappa shape index (κ2) is 6.47. The predicted octanol–water partition coefficient (Wildman–Crippen LogP) is -0.511. The highest BCUT2D eigenvalue weighted by atomic mass is 32.2. The maximum Gasteiger partial charge on any atom is 0.328 e. The van der Waals surface area contributed by atoms with E-state index in [0.29, 0.717) is 0 Å². The highest BCUT2D eigenvalue weighted by Crippen LogP contribution is 1.92. The van der Waals surface area contributed by atoms with E-state index in [1.807, 2.05) is 0 Å². The van der Waals surface area contributed by atoms with E-state index >= 15 is 0 Å². The Labute approximate surface area is 95.3 Å². The number of amides is 1. The van der Waals surface area contributed by atoms with Crippen LogP contribution in [0.2, 0.25) is 0 Å². The zero-order valence-electron chi connectivity index (χ0n) is 9.65. The summed E-state index contributed by atoms with van der Waals surface area (Å²) in [6.07, 6.45) is 0.900. The molecule has 1 N–H and O–H groups in total. The third-order valence-corrected chi connectivity index (χ3v) is 2.66. The number of hydrogen-bond donors (Lipinski definition) is 1. The van der Waals surface area contributed by atoms with Gasteiger partial charge in [-0.1, -0.05) is 0 Å². The minimum atomic E-state index is -3.16. The van der Waals surface area contributed by atoms with Crippen molar-refractivity contribution < 1.29 is 22.7 Å². The Morgan fingerprint density at radius 3 is 2.38 bits per heavy atom. The Balaban J connectivity index is 4.01. The first-order valence-electron chi connectivity index (χ1n) is 4.90. The number of carbonyl (C=O) groups excluding carboxylic acids is 2. The molecule has 0 radical (unpaired) electrons. The second-order valence-corrected chi connectivity index (χ2v) is 5.68. The second-order valence-electron chi connectivity index (χ2n) is 3.42. The molecule has 0 aliphatic heterocycles. The smallest absolute Gasteiger partial charge is 0.328 e. The Morgan fingerprint density at radius 2 is 1.94 bits per heavy atom. The van der Waals surface area contributed by atoms with Crippen molar-refractivity contribution in [3.05, 3.63) is 0 Å². The van der Waals surface area contributed by atoms with Crippen LogP contribution in [0.25, 0.3) is 0 Å². The number of carbonyl (C=O) groups is 2. The summed E-state index contributed by atoms with van der Waals surface area (Å²) < 4.78 is 26.3. The van der Waals surface area contributed by atoms with Crippen LogP contribution in [0.4, 0.5) is 0 Å². The molecule has 0 spiro atoms. The molecular weight excluding hydrogens is 234 g/mol. The van der Waals surface area contributed by atoms with Crippen LogP contribution in [-0.4, -0.2) is 45.0 Å². The number of nitrogens with one attached hydrogen (secondary N) is 1. The Hall–Kier alpha value is -1.11. The summed E-state index contributed by atoms with van der Waals surface area (Å²) in [5, 5.41) is 2.36. The van der Waals surface area contributed by atoms with Crippen LogP contribution in [0, 0.1) is 0 Å². The Kier molecular flexibility index (Phi) is 6.02. The minimum Gasteiger partial charge on any atom is -0.464 e. The molecule has 16 heavy (non-hydrogen) atoms. The molecule has 0 bridgehead atoms. The first kappa shape index (κ1) is 14.9. The molecule has 0 rings (SSSR count). The SMILES string of the molecule is CCOC(=O)C(C)NC(=O)CCS(C)(=O)=O. The van der Waals surface area contributed by atoms with Crippen molar-refractivity contribution in [1.82, 2.24) is 5.32 Å². The van der Waals surface area contributed by atoms with Crippen LogP contribution >= 0.6 is 0 Å². The van der Waals surface area contributed by atoms with Crippen LogP contribution in [0.3, 0.4) is 0 Å². The van der Waals surface area contributed by atoms with Crippen molar-refractivity contribution in [1.29, 1.82) is 0 Å². The fraction of sp³-hybridized carbons (Fsp3) is 0.778. The summed E-state index contributed by atoms with van der Waals surface area (Å²) in [6, 6.07) is -0.757. The monoisotopic (exact) mass is 251 g/mol. The number of ether oxygens (including phenoxy) is 1. The third kappa shape index (κ3) is 7.22. The van der Waals surface area contributed by atoms with E-state index in [2.05, 4.69) is 10.1 Å². The molecule has 7 heteroatoms. The van der Waals surface area contributed by atoms with Gasteiger partial charge in [-0.2, -0.15) is 0 Å². The van der Waals surface area contributed by atoms with Gasteiger partial charge in [0.25, 0.3) is 0 Å². The molecule has 0 aromatic heterocycles. The van der Waals surface area contributed by atoms with Gasteiger partial charge < -0.3 is 10.1 Å². The van der Waals surface area contributed by atoms with E-state index in [9.17, 15) is 18.0 Å². The van der Waals surface area contributed by atoms with E-state index in [1.165, 1.54) is 6.92 Å². The first-order chi connectivity index (χ1) is 7.26. The van der Waals surface area contributed by atoms with Crippen molar-refractivity contribution in [2.45, 2.75) is 26.3 Å². The maximum absolute atomic E-state index is 11.2. The van der Waals surface area contributed by atoms with Gasteiger partial charge in [-0.05, 0) is 13.8 Å². The molecule has 6 nitrogen and oxygen atoms in total. The molecule has 94 valence electrons. The van der Waals surface area contributed by atoms with Gasteiger partial charge in [0.15, 0.2) is 0 Å². The molecule has 1 unspecified atom stereocenters. The Morgan fingerprint density at radius 1 is 1.38 bits per heavy atom. The van der Waals surface area contributed by atoms with Crippen molar-refractivity contribution in [3.8, 4) is 0 Å². The summed E-state index contributed by atoms with van der Waals surface area (Å²) >= 11 is 0. The number of sulfone groups is 1. The lowest BCUT2D eigenvalue weighted by atomic mass is 10.3. The van der Waals surface area contributed by atoms with Crippen molar-refractivity contribution in [3.63, 3.8) is 0 Å². The maximum atomic E-state index is 11.2. The van der Waals surface area contributed by atoms with Gasteiger partial charge >= 0.3 is 5.97 Å².